The molecule has 3 rings (SSSR count). The lowest BCUT2D eigenvalue weighted by Crippen LogP contribution is -2.29. The van der Waals surface area contributed by atoms with Crippen LogP contribution in [0, 0.1) is 0 Å². The van der Waals surface area contributed by atoms with E-state index in [2.05, 4.69) is 15.9 Å². The van der Waals surface area contributed by atoms with Crippen molar-refractivity contribution in [2.45, 2.75) is 0 Å². The van der Waals surface area contributed by atoms with Gasteiger partial charge in [-0.25, -0.2) is 0 Å². The Labute approximate surface area is 147 Å². The zero-order chi connectivity index (χ0) is 16.6. The number of hydrogen-bond acceptors (Lipinski definition) is 3. The van der Waals surface area contributed by atoms with Gasteiger partial charge in [0.15, 0.2) is 5.78 Å². The first kappa shape index (κ1) is 16.0. The van der Waals surface area contributed by atoms with E-state index in [0.717, 1.165) is 10.2 Å². The van der Waals surface area contributed by atoms with E-state index >= 15 is 0 Å². The predicted octanol–water partition coefficient (Wildman–Crippen LogP) is 4.46. The largest absolute Gasteiger partial charge is 0.370 e. The Kier molecular flexibility index (Phi) is 4.37. The molecule has 0 spiro atoms. The second-order valence-corrected chi connectivity index (χ2v) is 6.62. The van der Waals surface area contributed by atoms with E-state index in [1.54, 1.807) is 24.3 Å². The smallest absolute Gasteiger partial charge is 0.205 e. The summed E-state index contributed by atoms with van der Waals surface area (Å²) in [6.45, 7) is 0.277. The van der Waals surface area contributed by atoms with E-state index in [9.17, 15) is 9.59 Å². The Morgan fingerprint density at radius 2 is 1.52 bits per heavy atom. The maximum absolute atomic E-state index is 12.7. The number of allylic oxidation sites excluding steroid dienone is 1. The van der Waals surface area contributed by atoms with Crippen LogP contribution in [0.4, 0.5) is 5.69 Å². The third-order valence-electron chi connectivity index (χ3n) is 3.82. The molecule has 0 unspecified atom stereocenters. The van der Waals surface area contributed by atoms with Gasteiger partial charge in [0, 0.05) is 40.5 Å². The minimum Gasteiger partial charge on any atom is -0.370 e. The van der Waals surface area contributed by atoms with Crippen molar-refractivity contribution >= 4 is 44.8 Å². The SMILES string of the molecule is CN(CC1=C(Cl)C(=O)c2ccccc2C1=O)c1ccc(Br)cc1. The zero-order valence-corrected chi connectivity index (χ0v) is 14.7. The molecule has 0 heterocycles. The number of nitrogens with zero attached hydrogens (tertiary/aromatic N) is 1. The summed E-state index contributed by atoms with van der Waals surface area (Å²) >= 11 is 9.58. The molecule has 116 valence electrons. The monoisotopic (exact) mass is 389 g/mol. The minimum atomic E-state index is -0.291. The molecule has 1 aliphatic rings. The van der Waals surface area contributed by atoms with E-state index < -0.39 is 0 Å². The van der Waals surface area contributed by atoms with Gasteiger partial charge in [0.25, 0.3) is 0 Å². The number of halogens is 2. The van der Waals surface area contributed by atoms with Crippen LogP contribution < -0.4 is 4.90 Å². The molecule has 0 aromatic heterocycles. The molecule has 1 aliphatic carbocycles. The highest BCUT2D eigenvalue weighted by Gasteiger charge is 2.31. The van der Waals surface area contributed by atoms with Crippen molar-refractivity contribution in [2.24, 2.45) is 0 Å². The molecule has 3 nitrogen and oxygen atoms in total. The molecule has 2 aromatic rings. The van der Waals surface area contributed by atoms with Crippen molar-refractivity contribution in [1.82, 2.24) is 0 Å². The van der Waals surface area contributed by atoms with Gasteiger partial charge in [0.1, 0.15) is 0 Å². The summed E-state index contributed by atoms with van der Waals surface area (Å²) in [7, 11) is 1.86. The fourth-order valence-electron chi connectivity index (χ4n) is 2.56. The quantitative estimate of drug-likeness (QED) is 0.776. The van der Waals surface area contributed by atoms with E-state index in [0.29, 0.717) is 16.7 Å². The fraction of sp³-hybridized carbons (Fsp3) is 0.111. The summed E-state index contributed by atoms with van der Waals surface area (Å²) in [6.07, 6.45) is 0. The van der Waals surface area contributed by atoms with Gasteiger partial charge in [-0.1, -0.05) is 51.8 Å². The van der Waals surface area contributed by atoms with E-state index in [4.69, 9.17) is 11.6 Å². The molecule has 0 atom stereocenters. The molecule has 0 fully saturated rings. The second-order valence-electron chi connectivity index (χ2n) is 5.33. The fourth-order valence-corrected chi connectivity index (χ4v) is 3.07. The van der Waals surface area contributed by atoms with Crippen LogP contribution in [0.15, 0.2) is 63.6 Å². The summed E-state index contributed by atoms with van der Waals surface area (Å²) in [5.74, 6) is -0.477. The van der Waals surface area contributed by atoms with Crippen LogP contribution >= 0.6 is 27.5 Å². The summed E-state index contributed by atoms with van der Waals surface area (Å²) in [6, 6.07) is 14.5. The first-order chi connectivity index (χ1) is 11.0. The lowest BCUT2D eigenvalue weighted by atomic mass is 9.89. The molecule has 5 heteroatoms. The number of ketones is 2. The van der Waals surface area contributed by atoms with Gasteiger partial charge in [0.05, 0.1) is 5.03 Å². The summed E-state index contributed by atoms with van der Waals surface area (Å²) < 4.78 is 0.977. The third kappa shape index (κ3) is 2.96. The number of rotatable bonds is 3. The van der Waals surface area contributed by atoms with E-state index in [1.165, 1.54) is 0 Å². The third-order valence-corrected chi connectivity index (χ3v) is 4.75. The number of carbonyl (C=O) groups is 2. The van der Waals surface area contributed by atoms with Crippen molar-refractivity contribution in [3.63, 3.8) is 0 Å². The van der Waals surface area contributed by atoms with Crippen LogP contribution in [0.25, 0.3) is 0 Å². The van der Waals surface area contributed by atoms with Crippen LogP contribution in [-0.2, 0) is 0 Å². The van der Waals surface area contributed by atoms with E-state index in [-0.39, 0.29) is 23.1 Å². The first-order valence-electron chi connectivity index (χ1n) is 7.03. The second kappa shape index (κ2) is 6.30. The highest BCUT2D eigenvalue weighted by molar-refractivity contribution is 9.10. The Balaban J connectivity index is 1.93. The zero-order valence-electron chi connectivity index (χ0n) is 12.3. The number of likely N-dealkylation sites (N-methyl/N-ethyl adjacent to an activating group) is 1. The molecule has 0 bridgehead atoms. The normalized spacial score (nSPS) is 14.0. The number of benzene rings is 2. The highest BCUT2D eigenvalue weighted by atomic mass is 79.9. The summed E-state index contributed by atoms with van der Waals surface area (Å²) in [4.78, 5) is 26.9. The van der Waals surface area contributed by atoms with Gasteiger partial charge >= 0.3 is 0 Å². The van der Waals surface area contributed by atoms with Crippen molar-refractivity contribution in [1.29, 1.82) is 0 Å². The molecule has 0 saturated carbocycles. The molecule has 2 aromatic carbocycles. The standard InChI is InChI=1S/C18H13BrClNO2/c1-21(12-8-6-11(19)7-9-12)10-15-16(20)18(23)14-5-3-2-4-13(14)17(15)22/h2-9H,10H2,1H3. The highest BCUT2D eigenvalue weighted by Crippen LogP contribution is 2.29. The van der Waals surface area contributed by atoms with Gasteiger partial charge in [-0.3, -0.25) is 9.59 Å². The Bertz CT molecular complexity index is 827. The van der Waals surface area contributed by atoms with Gasteiger partial charge in [-0.05, 0) is 24.3 Å². The van der Waals surface area contributed by atoms with Gasteiger partial charge in [-0.2, -0.15) is 0 Å². The maximum Gasteiger partial charge on any atom is 0.205 e. The number of anilines is 1. The lowest BCUT2D eigenvalue weighted by Gasteiger charge is -2.24. The van der Waals surface area contributed by atoms with Gasteiger partial charge < -0.3 is 4.90 Å². The summed E-state index contributed by atoms with van der Waals surface area (Å²) in [5.41, 5.74) is 2.06. The Morgan fingerprint density at radius 3 is 2.13 bits per heavy atom. The summed E-state index contributed by atoms with van der Waals surface area (Å²) in [5, 5.41) is 0.0117. The topological polar surface area (TPSA) is 37.4 Å². The average Bonchev–Trinajstić information content (AvgIpc) is 2.57. The molecular weight excluding hydrogens is 378 g/mol. The average molecular weight is 391 g/mol. The van der Waals surface area contributed by atoms with Crippen molar-refractivity contribution in [3.05, 3.63) is 74.7 Å². The first-order valence-corrected chi connectivity index (χ1v) is 8.20. The molecule has 0 N–H and O–H groups in total. The maximum atomic E-state index is 12.7. The van der Waals surface area contributed by atoms with Crippen LogP contribution in [-0.4, -0.2) is 25.2 Å². The van der Waals surface area contributed by atoms with Crippen molar-refractivity contribution < 1.29 is 9.59 Å². The lowest BCUT2D eigenvalue weighted by molar-refractivity contribution is 0.0979. The van der Waals surface area contributed by atoms with Crippen LogP contribution in [0.2, 0.25) is 0 Å². The number of carbonyl (C=O) groups excluding carboxylic acids is 2. The molecule has 0 aliphatic heterocycles. The van der Waals surface area contributed by atoms with Crippen LogP contribution in [0.1, 0.15) is 20.7 Å². The van der Waals surface area contributed by atoms with Crippen molar-refractivity contribution in [2.75, 3.05) is 18.5 Å². The van der Waals surface area contributed by atoms with Crippen LogP contribution in [0.3, 0.4) is 0 Å². The van der Waals surface area contributed by atoms with Crippen LogP contribution in [0.5, 0.6) is 0 Å². The molecular formula is C18H13BrClNO2. The van der Waals surface area contributed by atoms with Gasteiger partial charge in [-0.15, -0.1) is 0 Å². The van der Waals surface area contributed by atoms with Gasteiger partial charge in [0.2, 0.25) is 5.78 Å². The molecule has 23 heavy (non-hydrogen) atoms. The number of hydrogen-bond donors (Lipinski definition) is 0. The number of Topliss-reactive ketones (excluding diaryl/α,β-unsaturated/α-hetero) is 2. The predicted molar refractivity (Wildman–Crippen MR) is 95.4 cm³/mol. The molecule has 0 amide bonds. The molecule has 0 saturated heterocycles. The Morgan fingerprint density at radius 1 is 0.957 bits per heavy atom. The van der Waals surface area contributed by atoms with E-state index in [1.807, 2.05) is 36.2 Å². The van der Waals surface area contributed by atoms with Crippen molar-refractivity contribution in [3.8, 4) is 0 Å². The molecule has 0 radical (unpaired) electrons. The Hall–Kier alpha value is -1.91. The number of fused-ring (bicyclic) bond motifs is 1. The minimum absolute atomic E-state index is 0.0117.